The summed E-state index contributed by atoms with van der Waals surface area (Å²) in [7, 11) is 0. The van der Waals surface area contributed by atoms with Crippen molar-refractivity contribution in [2.24, 2.45) is 0 Å². The lowest BCUT2D eigenvalue weighted by atomic mass is 10.1. The molecule has 0 aliphatic rings. The summed E-state index contributed by atoms with van der Waals surface area (Å²) >= 11 is 1.98. The van der Waals surface area contributed by atoms with Crippen molar-refractivity contribution in [2.75, 3.05) is 5.32 Å². The number of nitrogens with zero attached hydrogens (tertiary/aromatic N) is 1. The Morgan fingerprint density at radius 2 is 2.00 bits per heavy atom. The minimum Gasteiger partial charge on any atom is -0.381 e. The normalized spacial score (nSPS) is 10.2. The predicted molar refractivity (Wildman–Crippen MR) is 84.3 cm³/mol. The molecule has 1 N–H and O–H groups in total. The maximum absolute atomic E-state index is 10.7. The molecule has 4 nitrogen and oxygen atoms in total. The molecule has 0 saturated carbocycles. The summed E-state index contributed by atoms with van der Waals surface area (Å²) in [6, 6.07) is 13.2. The molecule has 2 aromatic carbocycles. The molecule has 0 aliphatic heterocycles. The zero-order valence-corrected chi connectivity index (χ0v) is 12.5. The summed E-state index contributed by atoms with van der Waals surface area (Å²) in [5.74, 6) is 0. The molecule has 0 atom stereocenters. The van der Waals surface area contributed by atoms with Crippen molar-refractivity contribution in [1.82, 2.24) is 0 Å². The van der Waals surface area contributed by atoms with Gasteiger partial charge in [0.2, 0.25) is 0 Å². The molecule has 0 aromatic heterocycles. The van der Waals surface area contributed by atoms with E-state index in [1.54, 1.807) is 12.1 Å². The van der Waals surface area contributed by atoms with Gasteiger partial charge in [0.25, 0.3) is 5.69 Å². The van der Waals surface area contributed by atoms with E-state index in [-0.39, 0.29) is 10.6 Å². The van der Waals surface area contributed by atoms with E-state index in [9.17, 15) is 10.1 Å². The van der Waals surface area contributed by atoms with Gasteiger partial charge in [0, 0.05) is 18.3 Å². The molecule has 0 unspecified atom stereocenters. The van der Waals surface area contributed by atoms with Crippen LogP contribution in [0.3, 0.4) is 0 Å². The number of nitrogens with one attached hydrogen (secondary N) is 1. The average molecular weight is 368 g/mol. The molecule has 0 fully saturated rings. The Hall–Kier alpha value is -1.63. The molecule has 0 amide bonds. The first-order valence-electron chi connectivity index (χ1n) is 5.80. The summed E-state index contributed by atoms with van der Waals surface area (Å²) in [6.45, 7) is 2.77. The topological polar surface area (TPSA) is 55.2 Å². The van der Waals surface area contributed by atoms with Crippen LogP contribution in [0.1, 0.15) is 11.1 Å². The molecule has 0 saturated heterocycles. The molecular formula is C14H13IN2O2. The van der Waals surface area contributed by atoms with Crippen LogP contribution in [0.5, 0.6) is 0 Å². The SMILES string of the molecule is Cc1ccccc1CNc1ccc([N+](=O)[O-])c(I)c1. The van der Waals surface area contributed by atoms with Crippen LogP contribution in [0.2, 0.25) is 0 Å². The van der Waals surface area contributed by atoms with E-state index >= 15 is 0 Å². The first-order valence-corrected chi connectivity index (χ1v) is 6.88. The summed E-state index contributed by atoms with van der Waals surface area (Å²) in [5.41, 5.74) is 3.47. The van der Waals surface area contributed by atoms with E-state index in [1.807, 2.05) is 34.7 Å². The number of halogens is 1. The van der Waals surface area contributed by atoms with Crippen molar-refractivity contribution in [3.63, 3.8) is 0 Å². The third-order valence-electron chi connectivity index (χ3n) is 2.89. The molecule has 0 heterocycles. The smallest absolute Gasteiger partial charge is 0.282 e. The molecule has 2 aromatic rings. The van der Waals surface area contributed by atoms with E-state index in [2.05, 4.69) is 24.4 Å². The number of anilines is 1. The number of benzene rings is 2. The van der Waals surface area contributed by atoms with Crippen molar-refractivity contribution in [3.05, 3.63) is 67.3 Å². The Bertz CT molecular complexity index is 614. The van der Waals surface area contributed by atoms with E-state index in [0.717, 1.165) is 5.69 Å². The number of rotatable bonds is 4. The number of nitro benzene ring substituents is 1. The molecule has 5 heteroatoms. The molecule has 0 spiro atoms. The first-order chi connectivity index (χ1) is 9.08. The second-order valence-corrected chi connectivity index (χ2v) is 5.37. The maximum atomic E-state index is 10.7. The van der Waals surface area contributed by atoms with Crippen LogP contribution < -0.4 is 5.32 Å². The standard InChI is InChI=1S/C14H13IN2O2/c1-10-4-2-3-5-11(10)9-16-12-6-7-14(17(18)19)13(15)8-12/h2-8,16H,9H2,1H3. The zero-order chi connectivity index (χ0) is 13.8. The van der Waals surface area contributed by atoms with Crippen LogP contribution >= 0.6 is 22.6 Å². The second-order valence-electron chi connectivity index (χ2n) is 4.20. The maximum Gasteiger partial charge on any atom is 0.282 e. The van der Waals surface area contributed by atoms with Crippen LogP contribution in [-0.4, -0.2) is 4.92 Å². The van der Waals surface area contributed by atoms with Crippen molar-refractivity contribution in [1.29, 1.82) is 0 Å². The highest BCUT2D eigenvalue weighted by molar-refractivity contribution is 14.1. The highest BCUT2D eigenvalue weighted by atomic mass is 127. The number of hydrogen-bond donors (Lipinski definition) is 1. The van der Waals surface area contributed by atoms with Gasteiger partial charge in [-0.15, -0.1) is 0 Å². The third kappa shape index (κ3) is 3.44. The highest BCUT2D eigenvalue weighted by Crippen LogP contribution is 2.24. The Kier molecular flexibility index (Phi) is 4.36. The first kappa shape index (κ1) is 13.8. The van der Waals surface area contributed by atoms with Gasteiger partial charge in [0.05, 0.1) is 8.49 Å². The Morgan fingerprint density at radius 3 is 2.63 bits per heavy atom. The van der Waals surface area contributed by atoms with Gasteiger partial charge >= 0.3 is 0 Å². The van der Waals surface area contributed by atoms with Gasteiger partial charge in [-0.25, -0.2) is 0 Å². The molecule has 0 bridgehead atoms. The minimum absolute atomic E-state index is 0.141. The van der Waals surface area contributed by atoms with Gasteiger partial charge in [-0.2, -0.15) is 0 Å². The Morgan fingerprint density at radius 1 is 1.26 bits per heavy atom. The van der Waals surface area contributed by atoms with E-state index in [4.69, 9.17) is 0 Å². The second kappa shape index (κ2) is 6.01. The van der Waals surface area contributed by atoms with E-state index < -0.39 is 0 Å². The van der Waals surface area contributed by atoms with Crippen molar-refractivity contribution < 1.29 is 4.92 Å². The van der Waals surface area contributed by atoms with Gasteiger partial charge < -0.3 is 5.32 Å². The number of hydrogen-bond acceptors (Lipinski definition) is 3. The van der Waals surface area contributed by atoms with Crippen molar-refractivity contribution in [3.8, 4) is 0 Å². The monoisotopic (exact) mass is 368 g/mol. The average Bonchev–Trinajstić information content (AvgIpc) is 2.37. The van der Waals surface area contributed by atoms with Crippen LogP contribution in [0.15, 0.2) is 42.5 Å². The fourth-order valence-corrected chi connectivity index (χ4v) is 2.48. The lowest BCUT2D eigenvalue weighted by Crippen LogP contribution is -2.02. The van der Waals surface area contributed by atoms with Gasteiger partial charge in [0.1, 0.15) is 0 Å². The molecule has 19 heavy (non-hydrogen) atoms. The molecule has 0 radical (unpaired) electrons. The van der Waals surface area contributed by atoms with Gasteiger partial charge in [-0.3, -0.25) is 10.1 Å². The van der Waals surface area contributed by atoms with Crippen LogP contribution in [-0.2, 0) is 6.54 Å². The molecule has 0 aliphatic carbocycles. The van der Waals surface area contributed by atoms with E-state index in [0.29, 0.717) is 10.1 Å². The van der Waals surface area contributed by atoms with E-state index in [1.165, 1.54) is 17.2 Å². The molecule has 98 valence electrons. The van der Waals surface area contributed by atoms with Crippen molar-refractivity contribution in [2.45, 2.75) is 13.5 Å². The van der Waals surface area contributed by atoms with Crippen LogP contribution in [0.25, 0.3) is 0 Å². The Balaban J connectivity index is 2.11. The van der Waals surface area contributed by atoms with Crippen LogP contribution in [0.4, 0.5) is 11.4 Å². The minimum atomic E-state index is -0.368. The van der Waals surface area contributed by atoms with Crippen LogP contribution in [0, 0.1) is 20.6 Å². The highest BCUT2D eigenvalue weighted by Gasteiger charge is 2.11. The largest absolute Gasteiger partial charge is 0.381 e. The molecule has 2 rings (SSSR count). The number of aryl methyl sites for hydroxylation is 1. The fraction of sp³-hybridized carbons (Fsp3) is 0.143. The lowest BCUT2D eigenvalue weighted by molar-refractivity contribution is -0.385. The number of nitro groups is 1. The molecular weight excluding hydrogens is 355 g/mol. The summed E-state index contributed by atoms with van der Waals surface area (Å²) in [5, 5.41) is 14.0. The summed E-state index contributed by atoms with van der Waals surface area (Å²) < 4.78 is 0.636. The zero-order valence-electron chi connectivity index (χ0n) is 10.4. The quantitative estimate of drug-likeness (QED) is 0.502. The summed E-state index contributed by atoms with van der Waals surface area (Å²) in [6.07, 6.45) is 0. The van der Waals surface area contributed by atoms with Crippen molar-refractivity contribution >= 4 is 34.0 Å². The van der Waals surface area contributed by atoms with Gasteiger partial charge in [0.15, 0.2) is 0 Å². The Labute approximate surface area is 125 Å². The summed E-state index contributed by atoms with van der Waals surface area (Å²) in [4.78, 5) is 10.4. The third-order valence-corrected chi connectivity index (χ3v) is 3.75. The fourth-order valence-electron chi connectivity index (χ4n) is 1.77. The predicted octanol–water partition coefficient (Wildman–Crippen LogP) is 4.12. The van der Waals surface area contributed by atoms with Gasteiger partial charge in [-0.1, -0.05) is 24.3 Å². The lowest BCUT2D eigenvalue weighted by Gasteiger charge is -2.09. The van der Waals surface area contributed by atoms with Gasteiger partial charge in [-0.05, 0) is 52.8 Å².